The average molecular weight is 235 g/mol. The maximum atomic E-state index is 12.0. The molecule has 94 valence electrons. The van der Waals surface area contributed by atoms with Crippen molar-refractivity contribution in [1.29, 1.82) is 0 Å². The SMILES string of the molecule is Cc1ccc(C)n1NC(=O)CC1(CN)CCC1. The second-order valence-electron chi connectivity index (χ2n) is 5.22. The van der Waals surface area contributed by atoms with Crippen molar-refractivity contribution in [3.8, 4) is 0 Å². The van der Waals surface area contributed by atoms with E-state index in [9.17, 15) is 4.79 Å². The number of rotatable bonds is 4. The van der Waals surface area contributed by atoms with Crippen molar-refractivity contribution >= 4 is 5.91 Å². The first-order valence-corrected chi connectivity index (χ1v) is 6.21. The van der Waals surface area contributed by atoms with Crippen molar-refractivity contribution in [2.45, 2.75) is 39.5 Å². The fourth-order valence-electron chi connectivity index (χ4n) is 2.48. The molecule has 17 heavy (non-hydrogen) atoms. The number of carbonyl (C=O) groups is 1. The van der Waals surface area contributed by atoms with Gasteiger partial charge in [-0.05, 0) is 50.8 Å². The predicted molar refractivity (Wildman–Crippen MR) is 68.2 cm³/mol. The second-order valence-corrected chi connectivity index (χ2v) is 5.22. The van der Waals surface area contributed by atoms with Gasteiger partial charge in [-0.1, -0.05) is 6.42 Å². The molecule has 1 saturated carbocycles. The zero-order chi connectivity index (χ0) is 12.5. The summed E-state index contributed by atoms with van der Waals surface area (Å²) in [5.74, 6) is 0.0672. The lowest BCUT2D eigenvalue weighted by Gasteiger charge is -2.40. The number of hydrogen-bond acceptors (Lipinski definition) is 2. The fourth-order valence-corrected chi connectivity index (χ4v) is 2.48. The van der Waals surface area contributed by atoms with Crippen molar-refractivity contribution < 1.29 is 4.79 Å². The molecule has 1 fully saturated rings. The molecule has 0 spiro atoms. The molecule has 1 aliphatic carbocycles. The summed E-state index contributed by atoms with van der Waals surface area (Å²) in [6, 6.07) is 4.00. The van der Waals surface area contributed by atoms with E-state index >= 15 is 0 Å². The minimum Gasteiger partial charge on any atom is -0.330 e. The molecule has 1 aromatic rings. The van der Waals surface area contributed by atoms with Crippen LogP contribution in [0.2, 0.25) is 0 Å². The highest BCUT2D eigenvalue weighted by atomic mass is 16.2. The number of hydrogen-bond donors (Lipinski definition) is 2. The lowest BCUT2D eigenvalue weighted by atomic mass is 9.66. The van der Waals surface area contributed by atoms with Gasteiger partial charge in [0.1, 0.15) is 0 Å². The summed E-state index contributed by atoms with van der Waals surface area (Å²) in [7, 11) is 0. The highest BCUT2D eigenvalue weighted by molar-refractivity contribution is 5.84. The number of nitrogens with one attached hydrogen (secondary N) is 1. The van der Waals surface area contributed by atoms with Gasteiger partial charge in [-0.15, -0.1) is 0 Å². The molecule has 0 bridgehead atoms. The van der Waals surface area contributed by atoms with Gasteiger partial charge in [-0.2, -0.15) is 0 Å². The molecule has 0 saturated heterocycles. The molecule has 2 rings (SSSR count). The first kappa shape index (κ1) is 12.2. The Morgan fingerprint density at radius 2 is 2.00 bits per heavy atom. The van der Waals surface area contributed by atoms with Crippen LogP contribution >= 0.6 is 0 Å². The van der Waals surface area contributed by atoms with E-state index in [1.165, 1.54) is 6.42 Å². The van der Waals surface area contributed by atoms with Gasteiger partial charge in [0.05, 0.1) is 0 Å². The Bertz CT molecular complexity index is 393. The molecular weight excluding hydrogens is 214 g/mol. The molecule has 0 aromatic carbocycles. The van der Waals surface area contributed by atoms with Crippen LogP contribution in [0.5, 0.6) is 0 Å². The Morgan fingerprint density at radius 3 is 2.41 bits per heavy atom. The number of nitrogens with zero attached hydrogens (tertiary/aromatic N) is 1. The van der Waals surface area contributed by atoms with Crippen LogP contribution in [0.1, 0.15) is 37.1 Å². The van der Waals surface area contributed by atoms with Crippen LogP contribution in [0, 0.1) is 19.3 Å². The van der Waals surface area contributed by atoms with E-state index in [1.54, 1.807) is 0 Å². The molecule has 1 amide bonds. The molecule has 0 radical (unpaired) electrons. The average Bonchev–Trinajstić information content (AvgIpc) is 2.55. The maximum absolute atomic E-state index is 12.0. The molecule has 0 aliphatic heterocycles. The van der Waals surface area contributed by atoms with Crippen molar-refractivity contribution in [1.82, 2.24) is 4.68 Å². The molecule has 4 nitrogen and oxygen atoms in total. The van der Waals surface area contributed by atoms with Gasteiger partial charge in [0.25, 0.3) is 0 Å². The van der Waals surface area contributed by atoms with Crippen LogP contribution in [-0.2, 0) is 4.79 Å². The molecule has 1 aliphatic rings. The van der Waals surface area contributed by atoms with Crippen LogP contribution < -0.4 is 11.2 Å². The molecule has 0 unspecified atom stereocenters. The summed E-state index contributed by atoms with van der Waals surface area (Å²) in [6.07, 6.45) is 3.91. The third kappa shape index (κ3) is 2.36. The Hall–Kier alpha value is -1.29. The summed E-state index contributed by atoms with van der Waals surface area (Å²) in [6.45, 7) is 4.58. The van der Waals surface area contributed by atoms with E-state index < -0.39 is 0 Å². The number of aromatic nitrogens is 1. The van der Waals surface area contributed by atoms with Gasteiger partial charge in [0.2, 0.25) is 5.91 Å². The minimum absolute atomic E-state index is 0.0672. The monoisotopic (exact) mass is 235 g/mol. The van der Waals surface area contributed by atoms with Crippen LogP contribution in [0.15, 0.2) is 12.1 Å². The summed E-state index contributed by atoms with van der Waals surface area (Å²) in [4.78, 5) is 12.0. The number of nitrogens with two attached hydrogens (primary N) is 1. The van der Waals surface area contributed by atoms with Crippen molar-refractivity contribution in [3.05, 3.63) is 23.5 Å². The van der Waals surface area contributed by atoms with Gasteiger partial charge in [-0.3, -0.25) is 14.9 Å². The van der Waals surface area contributed by atoms with Crippen LogP contribution in [-0.4, -0.2) is 17.1 Å². The summed E-state index contributed by atoms with van der Waals surface area (Å²) in [5.41, 5.74) is 10.9. The smallest absolute Gasteiger partial charge is 0.239 e. The predicted octanol–water partition coefficient (Wildman–Crippen LogP) is 1.69. The summed E-state index contributed by atoms with van der Waals surface area (Å²) >= 11 is 0. The molecule has 1 heterocycles. The highest BCUT2D eigenvalue weighted by Gasteiger charge is 2.37. The Balaban J connectivity index is 1.98. The molecule has 0 atom stereocenters. The van der Waals surface area contributed by atoms with Crippen LogP contribution in [0.3, 0.4) is 0 Å². The third-order valence-corrected chi connectivity index (χ3v) is 3.89. The molecule has 4 heteroatoms. The van der Waals surface area contributed by atoms with Gasteiger partial charge < -0.3 is 5.73 Å². The zero-order valence-corrected chi connectivity index (χ0v) is 10.6. The van der Waals surface area contributed by atoms with Gasteiger partial charge in [0, 0.05) is 17.8 Å². The lowest BCUT2D eigenvalue weighted by Crippen LogP contribution is -2.41. The highest BCUT2D eigenvalue weighted by Crippen LogP contribution is 2.42. The summed E-state index contributed by atoms with van der Waals surface area (Å²) in [5, 5.41) is 0. The second kappa shape index (κ2) is 4.53. The van der Waals surface area contributed by atoms with E-state index in [-0.39, 0.29) is 11.3 Å². The first-order valence-electron chi connectivity index (χ1n) is 6.21. The van der Waals surface area contributed by atoms with Gasteiger partial charge >= 0.3 is 0 Å². The molecular formula is C13H21N3O. The van der Waals surface area contributed by atoms with E-state index in [1.807, 2.05) is 30.7 Å². The van der Waals surface area contributed by atoms with Crippen LogP contribution in [0.4, 0.5) is 0 Å². The van der Waals surface area contributed by atoms with Gasteiger partial charge in [-0.25, -0.2) is 0 Å². The fraction of sp³-hybridized carbons (Fsp3) is 0.615. The topological polar surface area (TPSA) is 60.0 Å². The standard InChI is InChI=1S/C13H21N3O/c1-10-4-5-11(2)16(10)15-12(17)8-13(9-14)6-3-7-13/h4-5H,3,6-9,14H2,1-2H3,(H,15,17). The summed E-state index contributed by atoms with van der Waals surface area (Å²) < 4.78 is 1.84. The number of carbonyl (C=O) groups excluding carboxylic acids is 1. The van der Waals surface area contributed by atoms with E-state index in [4.69, 9.17) is 5.73 Å². The Kier molecular flexibility index (Phi) is 3.24. The third-order valence-electron chi connectivity index (χ3n) is 3.89. The van der Waals surface area contributed by atoms with E-state index in [0.29, 0.717) is 13.0 Å². The molecule has 1 aromatic heterocycles. The number of amides is 1. The first-order chi connectivity index (χ1) is 8.06. The van der Waals surface area contributed by atoms with Crippen LogP contribution in [0.25, 0.3) is 0 Å². The van der Waals surface area contributed by atoms with Crippen molar-refractivity contribution in [2.75, 3.05) is 12.0 Å². The molecule has 3 N–H and O–H groups in total. The van der Waals surface area contributed by atoms with E-state index in [0.717, 1.165) is 24.2 Å². The normalized spacial score (nSPS) is 17.6. The largest absolute Gasteiger partial charge is 0.330 e. The Labute approximate surface area is 102 Å². The van der Waals surface area contributed by atoms with Crippen molar-refractivity contribution in [2.24, 2.45) is 11.1 Å². The maximum Gasteiger partial charge on any atom is 0.239 e. The zero-order valence-electron chi connectivity index (χ0n) is 10.6. The van der Waals surface area contributed by atoms with Gasteiger partial charge in [0.15, 0.2) is 0 Å². The van der Waals surface area contributed by atoms with E-state index in [2.05, 4.69) is 5.43 Å². The van der Waals surface area contributed by atoms with Crippen molar-refractivity contribution in [3.63, 3.8) is 0 Å². The Morgan fingerprint density at radius 1 is 1.41 bits per heavy atom. The minimum atomic E-state index is 0.0672. The number of aryl methyl sites for hydroxylation is 2. The quantitative estimate of drug-likeness (QED) is 0.834. The lowest BCUT2D eigenvalue weighted by molar-refractivity contribution is -0.120.